The molecule has 7 nitrogen and oxygen atoms in total. The summed E-state index contributed by atoms with van der Waals surface area (Å²) < 4.78 is 0. The second kappa shape index (κ2) is 5.74. The van der Waals surface area contributed by atoms with Crippen LogP contribution in [0.5, 0.6) is 0 Å². The first-order valence-electron chi connectivity index (χ1n) is 4.98. The van der Waals surface area contributed by atoms with Gasteiger partial charge in [0.25, 0.3) is 0 Å². The third kappa shape index (κ3) is 3.79. The summed E-state index contributed by atoms with van der Waals surface area (Å²) >= 11 is 5.67. The molecule has 1 rings (SSSR count). The molecule has 0 saturated carbocycles. The summed E-state index contributed by atoms with van der Waals surface area (Å²) in [6, 6.07) is 0.00895. The van der Waals surface area contributed by atoms with Crippen molar-refractivity contribution < 1.29 is 4.92 Å². The van der Waals surface area contributed by atoms with Crippen LogP contribution in [0.1, 0.15) is 6.92 Å². The van der Waals surface area contributed by atoms with Gasteiger partial charge in [0.2, 0.25) is 11.0 Å². The summed E-state index contributed by atoms with van der Waals surface area (Å²) in [5.41, 5.74) is -0.292. The summed E-state index contributed by atoms with van der Waals surface area (Å²) in [7, 11) is 3.83. The molecule has 0 aliphatic heterocycles. The minimum Gasteiger partial charge on any atom is -0.360 e. The molecule has 0 saturated heterocycles. The fourth-order valence-corrected chi connectivity index (χ4v) is 1.65. The minimum atomic E-state index is -0.590. The van der Waals surface area contributed by atoms with E-state index in [0.29, 0.717) is 0 Å². The normalized spacial score (nSPS) is 12.5. The molecule has 0 spiro atoms. The molecule has 8 heteroatoms. The Labute approximate surface area is 104 Å². The van der Waals surface area contributed by atoms with Crippen molar-refractivity contribution in [2.45, 2.75) is 13.0 Å². The molecule has 0 aliphatic carbocycles. The second-order valence-corrected chi connectivity index (χ2v) is 4.28. The Balaban J connectivity index is 2.91. The number of anilines is 1. The molecule has 0 fully saturated rings. The monoisotopic (exact) mass is 259 g/mol. The van der Waals surface area contributed by atoms with Gasteiger partial charge in [-0.15, -0.1) is 0 Å². The maximum Gasteiger partial charge on any atom is 0.348 e. The van der Waals surface area contributed by atoms with Crippen molar-refractivity contribution in [2.75, 3.05) is 26.0 Å². The van der Waals surface area contributed by atoms with E-state index >= 15 is 0 Å². The lowest BCUT2D eigenvalue weighted by molar-refractivity contribution is -0.384. The van der Waals surface area contributed by atoms with Crippen molar-refractivity contribution in [3.05, 3.63) is 21.6 Å². The summed E-state index contributed by atoms with van der Waals surface area (Å²) in [5, 5.41) is 13.6. The van der Waals surface area contributed by atoms with Gasteiger partial charge in [-0.25, -0.2) is 9.97 Å². The van der Waals surface area contributed by atoms with E-state index in [-0.39, 0.29) is 22.7 Å². The average molecular weight is 260 g/mol. The van der Waals surface area contributed by atoms with E-state index in [4.69, 9.17) is 11.6 Å². The number of hydrogen-bond acceptors (Lipinski definition) is 6. The highest BCUT2D eigenvalue weighted by Crippen LogP contribution is 2.28. The van der Waals surface area contributed by atoms with Crippen molar-refractivity contribution >= 4 is 23.1 Å². The number of rotatable bonds is 5. The summed E-state index contributed by atoms with van der Waals surface area (Å²) in [5.74, 6) is 0.143. The highest BCUT2D eigenvalue weighted by Gasteiger charge is 2.22. The van der Waals surface area contributed by atoms with Crippen LogP contribution in [0.4, 0.5) is 11.5 Å². The van der Waals surface area contributed by atoms with Crippen LogP contribution in [-0.2, 0) is 0 Å². The van der Waals surface area contributed by atoms with Crippen LogP contribution >= 0.6 is 11.6 Å². The molecular formula is C9H14ClN5O2. The Kier molecular flexibility index (Phi) is 4.59. The second-order valence-electron chi connectivity index (χ2n) is 3.93. The van der Waals surface area contributed by atoms with Crippen LogP contribution in [0.15, 0.2) is 6.33 Å². The molecule has 1 N–H and O–H groups in total. The fraction of sp³-hybridized carbons (Fsp3) is 0.556. The van der Waals surface area contributed by atoms with Gasteiger partial charge in [0.15, 0.2) is 0 Å². The number of nitrogens with one attached hydrogen (secondary N) is 1. The van der Waals surface area contributed by atoms with E-state index in [2.05, 4.69) is 15.3 Å². The van der Waals surface area contributed by atoms with E-state index in [0.717, 1.165) is 6.54 Å². The smallest absolute Gasteiger partial charge is 0.348 e. The highest BCUT2D eigenvalue weighted by molar-refractivity contribution is 6.31. The number of aromatic nitrogens is 2. The van der Waals surface area contributed by atoms with Crippen LogP contribution in [0.3, 0.4) is 0 Å². The van der Waals surface area contributed by atoms with Gasteiger partial charge in [-0.1, -0.05) is 11.6 Å². The zero-order valence-electron chi connectivity index (χ0n) is 9.85. The van der Waals surface area contributed by atoms with Crippen molar-refractivity contribution in [2.24, 2.45) is 0 Å². The first kappa shape index (κ1) is 13.6. The molecule has 0 radical (unpaired) electrons. The van der Waals surface area contributed by atoms with Gasteiger partial charge in [-0.2, -0.15) is 0 Å². The van der Waals surface area contributed by atoms with Crippen LogP contribution < -0.4 is 5.32 Å². The zero-order chi connectivity index (χ0) is 13.0. The molecule has 1 aromatic heterocycles. The third-order valence-corrected chi connectivity index (χ3v) is 2.26. The predicted octanol–water partition coefficient (Wildman–Crippen LogP) is 1.40. The maximum absolute atomic E-state index is 10.8. The lowest BCUT2D eigenvalue weighted by Gasteiger charge is -2.18. The van der Waals surface area contributed by atoms with Crippen LogP contribution in [0.25, 0.3) is 0 Å². The van der Waals surface area contributed by atoms with Gasteiger partial charge in [0.1, 0.15) is 6.33 Å². The lowest BCUT2D eigenvalue weighted by atomic mass is 10.3. The van der Waals surface area contributed by atoms with Crippen molar-refractivity contribution in [1.82, 2.24) is 14.9 Å². The fourth-order valence-electron chi connectivity index (χ4n) is 1.45. The molecule has 1 heterocycles. The Morgan fingerprint density at radius 2 is 2.24 bits per heavy atom. The number of likely N-dealkylation sites (N-methyl/N-ethyl adjacent to an activating group) is 1. The van der Waals surface area contributed by atoms with E-state index in [9.17, 15) is 10.1 Å². The molecule has 0 aliphatic rings. The summed E-state index contributed by atoms with van der Waals surface area (Å²) in [6.07, 6.45) is 1.19. The van der Waals surface area contributed by atoms with Crippen LogP contribution in [-0.4, -0.2) is 46.5 Å². The van der Waals surface area contributed by atoms with E-state index in [1.165, 1.54) is 6.33 Å². The third-order valence-electron chi connectivity index (χ3n) is 1.98. The predicted molar refractivity (Wildman–Crippen MR) is 65.3 cm³/mol. The number of halogens is 1. The minimum absolute atomic E-state index is 0.00895. The van der Waals surface area contributed by atoms with E-state index in [1.54, 1.807) is 0 Å². The van der Waals surface area contributed by atoms with Crippen LogP contribution in [0, 0.1) is 10.1 Å². The van der Waals surface area contributed by atoms with Crippen molar-refractivity contribution in [1.29, 1.82) is 0 Å². The van der Waals surface area contributed by atoms with Gasteiger partial charge in [-0.3, -0.25) is 10.1 Å². The molecule has 1 unspecified atom stereocenters. The largest absolute Gasteiger partial charge is 0.360 e. The molecule has 0 amide bonds. The van der Waals surface area contributed by atoms with Gasteiger partial charge in [0, 0.05) is 12.6 Å². The first-order chi connectivity index (χ1) is 7.91. The zero-order valence-corrected chi connectivity index (χ0v) is 10.6. The molecule has 17 heavy (non-hydrogen) atoms. The van der Waals surface area contributed by atoms with Crippen molar-refractivity contribution in [3.63, 3.8) is 0 Å². The standard InChI is InChI=1S/C9H14ClN5O2/c1-6(4-14(2)3)13-9-7(15(16)17)8(10)11-5-12-9/h5-6H,4H2,1-3H3,(H,11,12,13). The average Bonchev–Trinajstić information content (AvgIpc) is 2.15. The molecule has 1 atom stereocenters. The SMILES string of the molecule is CC(CN(C)C)Nc1ncnc(Cl)c1[N+](=O)[O-]. The Morgan fingerprint density at radius 1 is 1.59 bits per heavy atom. The van der Waals surface area contributed by atoms with E-state index < -0.39 is 4.92 Å². The van der Waals surface area contributed by atoms with E-state index in [1.807, 2.05) is 25.9 Å². The summed E-state index contributed by atoms with van der Waals surface area (Å²) in [6.45, 7) is 2.62. The summed E-state index contributed by atoms with van der Waals surface area (Å²) in [4.78, 5) is 19.6. The number of hydrogen-bond donors (Lipinski definition) is 1. The Morgan fingerprint density at radius 3 is 2.76 bits per heavy atom. The number of nitrogens with zero attached hydrogens (tertiary/aromatic N) is 4. The topological polar surface area (TPSA) is 84.2 Å². The van der Waals surface area contributed by atoms with Gasteiger partial charge >= 0.3 is 5.69 Å². The van der Waals surface area contributed by atoms with Crippen molar-refractivity contribution in [3.8, 4) is 0 Å². The Bertz CT molecular complexity index is 412. The quantitative estimate of drug-likeness (QED) is 0.489. The lowest BCUT2D eigenvalue weighted by Crippen LogP contribution is -2.30. The Hall–Kier alpha value is -1.47. The van der Waals surface area contributed by atoms with Gasteiger partial charge < -0.3 is 10.2 Å². The maximum atomic E-state index is 10.8. The van der Waals surface area contributed by atoms with Gasteiger partial charge in [-0.05, 0) is 21.0 Å². The van der Waals surface area contributed by atoms with Crippen LogP contribution in [0.2, 0.25) is 5.15 Å². The molecular weight excluding hydrogens is 246 g/mol. The first-order valence-corrected chi connectivity index (χ1v) is 5.35. The molecule has 94 valence electrons. The molecule has 1 aromatic rings. The van der Waals surface area contributed by atoms with Gasteiger partial charge in [0.05, 0.1) is 4.92 Å². The molecule has 0 bridgehead atoms. The number of nitro groups is 1. The highest BCUT2D eigenvalue weighted by atomic mass is 35.5. The molecule has 0 aromatic carbocycles.